The van der Waals surface area contributed by atoms with Gasteiger partial charge in [-0.25, -0.2) is 0 Å². The van der Waals surface area contributed by atoms with Gasteiger partial charge in [0.2, 0.25) is 0 Å². The fraction of sp³-hybridized carbons (Fsp3) is 0.583. The van der Waals surface area contributed by atoms with E-state index in [0.29, 0.717) is 6.04 Å². The average molecular weight is 238 g/mol. The molecule has 1 N–H and O–H groups in total. The smallest absolute Gasteiger partial charge is 0.254 e. The molecule has 88 valence electrons. The topological polar surface area (TPSA) is 32.3 Å². The van der Waals surface area contributed by atoms with Gasteiger partial charge >= 0.3 is 0 Å². The zero-order valence-corrected chi connectivity index (χ0v) is 10.4. The van der Waals surface area contributed by atoms with Crippen LogP contribution in [0.2, 0.25) is 0 Å². The highest BCUT2D eigenvalue weighted by atomic mass is 32.1. The molecule has 0 radical (unpaired) electrons. The van der Waals surface area contributed by atoms with E-state index in [1.165, 1.54) is 6.42 Å². The van der Waals surface area contributed by atoms with Gasteiger partial charge in [-0.05, 0) is 37.8 Å². The molecule has 1 saturated heterocycles. The highest BCUT2D eigenvalue weighted by Gasteiger charge is 2.26. The number of likely N-dealkylation sites (tertiary alicyclic amines) is 1. The molecule has 16 heavy (non-hydrogen) atoms. The van der Waals surface area contributed by atoms with Crippen LogP contribution in [0.1, 0.15) is 29.6 Å². The minimum Gasteiger partial charge on any atom is -0.334 e. The lowest BCUT2D eigenvalue weighted by Gasteiger charge is -2.35. The molecular weight excluding hydrogens is 220 g/mol. The van der Waals surface area contributed by atoms with Gasteiger partial charge in [0.1, 0.15) is 0 Å². The van der Waals surface area contributed by atoms with Crippen LogP contribution in [0.15, 0.2) is 16.8 Å². The lowest BCUT2D eigenvalue weighted by Crippen LogP contribution is -2.47. The third-order valence-electron chi connectivity index (χ3n) is 3.10. The molecule has 0 aromatic carbocycles. The second-order valence-electron chi connectivity index (χ2n) is 4.22. The van der Waals surface area contributed by atoms with E-state index in [2.05, 4.69) is 5.32 Å². The van der Waals surface area contributed by atoms with Crippen LogP contribution in [-0.2, 0) is 0 Å². The van der Waals surface area contributed by atoms with Crippen LogP contribution in [-0.4, -0.2) is 37.0 Å². The number of amides is 1. The molecule has 2 heterocycles. The zero-order chi connectivity index (χ0) is 11.4. The maximum atomic E-state index is 12.3. The summed E-state index contributed by atoms with van der Waals surface area (Å²) >= 11 is 1.58. The molecule has 1 aliphatic heterocycles. The first-order chi connectivity index (χ1) is 7.83. The highest BCUT2D eigenvalue weighted by Crippen LogP contribution is 2.20. The number of nitrogens with one attached hydrogen (secondary N) is 1. The van der Waals surface area contributed by atoms with Gasteiger partial charge < -0.3 is 10.2 Å². The first-order valence-corrected chi connectivity index (χ1v) is 6.75. The Morgan fingerprint density at radius 1 is 1.62 bits per heavy atom. The highest BCUT2D eigenvalue weighted by molar-refractivity contribution is 7.08. The summed E-state index contributed by atoms with van der Waals surface area (Å²) in [6.45, 7) is 1.80. The van der Waals surface area contributed by atoms with Gasteiger partial charge in [0.05, 0.1) is 5.56 Å². The van der Waals surface area contributed by atoms with Crippen molar-refractivity contribution in [1.82, 2.24) is 10.2 Å². The molecular formula is C12H18N2OS. The Morgan fingerprint density at radius 2 is 2.50 bits per heavy atom. The Balaban J connectivity index is 2.08. The molecule has 1 fully saturated rings. The van der Waals surface area contributed by atoms with Crippen LogP contribution in [0.4, 0.5) is 0 Å². The molecule has 0 spiro atoms. The molecule has 4 heteroatoms. The van der Waals surface area contributed by atoms with Crippen LogP contribution >= 0.6 is 11.3 Å². The molecule has 0 bridgehead atoms. The Kier molecular flexibility index (Phi) is 3.96. The van der Waals surface area contributed by atoms with Crippen molar-refractivity contribution in [2.24, 2.45) is 0 Å². The molecule has 1 aromatic rings. The predicted octanol–water partition coefficient (Wildman–Crippen LogP) is 1.96. The largest absolute Gasteiger partial charge is 0.334 e. The van der Waals surface area contributed by atoms with Crippen LogP contribution in [0, 0.1) is 0 Å². The predicted molar refractivity (Wildman–Crippen MR) is 66.9 cm³/mol. The number of carbonyl (C=O) groups is 1. The summed E-state index contributed by atoms with van der Waals surface area (Å²) in [6, 6.07) is 2.28. The third kappa shape index (κ3) is 2.44. The van der Waals surface area contributed by atoms with Crippen molar-refractivity contribution < 1.29 is 4.79 Å². The fourth-order valence-corrected chi connectivity index (χ4v) is 2.90. The normalized spacial score (nSPS) is 21.1. The monoisotopic (exact) mass is 238 g/mol. The Morgan fingerprint density at radius 3 is 3.19 bits per heavy atom. The fourth-order valence-electron chi connectivity index (χ4n) is 2.27. The number of rotatable bonds is 3. The van der Waals surface area contributed by atoms with Gasteiger partial charge in [0.15, 0.2) is 0 Å². The Labute approximate surface area is 100 Å². The Hall–Kier alpha value is -0.870. The number of piperidine rings is 1. The van der Waals surface area contributed by atoms with Crippen molar-refractivity contribution in [3.63, 3.8) is 0 Å². The van der Waals surface area contributed by atoms with Gasteiger partial charge in [0, 0.05) is 24.5 Å². The van der Waals surface area contributed by atoms with Crippen LogP contribution in [0.3, 0.4) is 0 Å². The molecule has 0 aliphatic carbocycles. The molecule has 2 rings (SSSR count). The van der Waals surface area contributed by atoms with E-state index in [0.717, 1.165) is 31.5 Å². The van der Waals surface area contributed by atoms with Gasteiger partial charge in [-0.15, -0.1) is 0 Å². The van der Waals surface area contributed by atoms with Crippen LogP contribution < -0.4 is 5.32 Å². The second kappa shape index (κ2) is 5.46. The van der Waals surface area contributed by atoms with E-state index in [9.17, 15) is 4.79 Å². The van der Waals surface area contributed by atoms with Crippen molar-refractivity contribution in [3.05, 3.63) is 22.4 Å². The number of hydrogen-bond acceptors (Lipinski definition) is 3. The quantitative estimate of drug-likeness (QED) is 0.873. The first-order valence-electron chi connectivity index (χ1n) is 5.80. The number of carbonyl (C=O) groups excluding carboxylic acids is 1. The first kappa shape index (κ1) is 11.6. The van der Waals surface area contributed by atoms with E-state index in [1.54, 1.807) is 11.3 Å². The lowest BCUT2D eigenvalue weighted by molar-refractivity contribution is 0.0615. The van der Waals surface area contributed by atoms with Crippen molar-refractivity contribution in [2.75, 3.05) is 20.1 Å². The van der Waals surface area contributed by atoms with Gasteiger partial charge in [-0.1, -0.05) is 0 Å². The minimum atomic E-state index is 0.196. The third-order valence-corrected chi connectivity index (χ3v) is 3.78. The number of nitrogens with zero attached hydrogens (tertiary/aromatic N) is 1. The summed E-state index contributed by atoms with van der Waals surface area (Å²) in [7, 11) is 1.95. The molecule has 1 unspecified atom stereocenters. The van der Waals surface area contributed by atoms with E-state index < -0.39 is 0 Å². The van der Waals surface area contributed by atoms with Gasteiger partial charge in [-0.2, -0.15) is 11.3 Å². The summed E-state index contributed by atoms with van der Waals surface area (Å²) in [4.78, 5) is 14.3. The summed E-state index contributed by atoms with van der Waals surface area (Å²) < 4.78 is 0. The lowest BCUT2D eigenvalue weighted by atomic mass is 10.0. The van der Waals surface area contributed by atoms with Gasteiger partial charge in [0.25, 0.3) is 5.91 Å². The molecule has 1 aliphatic rings. The molecule has 1 atom stereocenters. The summed E-state index contributed by atoms with van der Waals surface area (Å²) in [5, 5.41) is 7.08. The van der Waals surface area contributed by atoms with Crippen LogP contribution in [0.5, 0.6) is 0 Å². The van der Waals surface area contributed by atoms with Crippen LogP contribution in [0.25, 0.3) is 0 Å². The molecule has 1 amide bonds. The number of likely N-dealkylation sites (N-methyl/N-ethyl adjacent to an activating group) is 1. The van der Waals surface area contributed by atoms with Crippen molar-refractivity contribution in [2.45, 2.75) is 25.3 Å². The van der Waals surface area contributed by atoms with Crippen molar-refractivity contribution in [3.8, 4) is 0 Å². The summed E-state index contributed by atoms with van der Waals surface area (Å²) in [5.41, 5.74) is 0.841. The maximum absolute atomic E-state index is 12.3. The number of hydrogen-bond donors (Lipinski definition) is 1. The number of thiophene rings is 1. The van der Waals surface area contributed by atoms with E-state index >= 15 is 0 Å². The van der Waals surface area contributed by atoms with Crippen molar-refractivity contribution in [1.29, 1.82) is 0 Å². The second-order valence-corrected chi connectivity index (χ2v) is 5.00. The van der Waals surface area contributed by atoms with E-state index in [-0.39, 0.29) is 5.91 Å². The molecule has 3 nitrogen and oxygen atoms in total. The Bertz CT molecular complexity index is 335. The van der Waals surface area contributed by atoms with Crippen molar-refractivity contribution >= 4 is 17.2 Å². The minimum absolute atomic E-state index is 0.196. The average Bonchev–Trinajstić information content (AvgIpc) is 2.83. The maximum Gasteiger partial charge on any atom is 0.254 e. The zero-order valence-electron chi connectivity index (χ0n) is 9.61. The van der Waals surface area contributed by atoms with E-state index in [1.807, 2.05) is 28.8 Å². The van der Waals surface area contributed by atoms with E-state index in [4.69, 9.17) is 0 Å². The molecule has 1 aromatic heterocycles. The SMILES string of the molecule is CNCC1CCCCN1C(=O)c1ccsc1. The summed E-state index contributed by atoms with van der Waals surface area (Å²) in [5.74, 6) is 0.196. The summed E-state index contributed by atoms with van der Waals surface area (Å²) in [6.07, 6.45) is 3.49. The van der Waals surface area contributed by atoms with Gasteiger partial charge in [-0.3, -0.25) is 4.79 Å². The molecule has 0 saturated carbocycles. The standard InChI is InChI=1S/C12H18N2OS/c1-13-8-11-4-2-3-6-14(11)12(15)10-5-7-16-9-10/h5,7,9,11,13H,2-4,6,8H2,1H3.